The van der Waals surface area contributed by atoms with Crippen molar-refractivity contribution in [2.24, 2.45) is 0 Å². The van der Waals surface area contributed by atoms with E-state index >= 15 is 0 Å². The SMILES string of the molecule is CCc1cc(C(C)(C)C)cc(C)c1C(C)(C)C. The highest BCUT2D eigenvalue weighted by molar-refractivity contribution is 5.44. The monoisotopic (exact) mass is 232 g/mol. The summed E-state index contributed by atoms with van der Waals surface area (Å²) in [4.78, 5) is 0. The van der Waals surface area contributed by atoms with Crippen molar-refractivity contribution in [2.45, 2.75) is 72.6 Å². The number of rotatable bonds is 1. The first kappa shape index (κ1) is 14.3. The number of aryl methyl sites for hydroxylation is 2. The maximum atomic E-state index is 2.41. The van der Waals surface area contributed by atoms with Crippen molar-refractivity contribution in [3.8, 4) is 0 Å². The summed E-state index contributed by atoms with van der Waals surface area (Å²) < 4.78 is 0. The Morgan fingerprint density at radius 1 is 0.882 bits per heavy atom. The molecule has 0 bridgehead atoms. The summed E-state index contributed by atoms with van der Waals surface area (Å²) in [6.45, 7) is 18.3. The lowest BCUT2D eigenvalue weighted by Gasteiger charge is -2.29. The standard InChI is InChI=1S/C17H28/c1-9-13-11-14(16(3,4)5)10-12(2)15(13)17(6,7)8/h10-11H,9H2,1-8H3. The number of benzene rings is 1. The van der Waals surface area contributed by atoms with Gasteiger partial charge in [0.05, 0.1) is 0 Å². The van der Waals surface area contributed by atoms with Gasteiger partial charge in [-0.3, -0.25) is 0 Å². The average molecular weight is 232 g/mol. The molecule has 96 valence electrons. The minimum absolute atomic E-state index is 0.241. The van der Waals surface area contributed by atoms with Crippen LogP contribution in [0.1, 0.15) is 70.7 Å². The molecule has 0 unspecified atom stereocenters. The van der Waals surface area contributed by atoms with Crippen LogP contribution in [0.15, 0.2) is 12.1 Å². The second-order valence-corrected chi connectivity index (χ2v) is 7.18. The van der Waals surface area contributed by atoms with Crippen LogP contribution in [0.4, 0.5) is 0 Å². The van der Waals surface area contributed by atoms with Gasteiger partial charge in [-0.05, 0) is 46.4 Å². The van der Waals surface area contributed by atoms with Gasteiger partial charge < -0.3 is 0 Å². The Bertz CT molecular complexity index is 397. The molecule has 1 aromatic carbocycles. The van der Waals surface area contributed by atoms with E-state index in [9.17, 15) is 0 Å². The van der Waals surface area contributed by atoms with Crippen LogP contribution < -0.4 is 0 Å². The van der Waals surface area contributed by atoms with Crippen molar-refractivity contribution < 1.29 is 0 Å². The molecule has 0 spiro atoms. The third-order valence-corrected chi connectivity index (χ3v) is 3.41. The van der Waals surface area contributed by atoms with Gasteiger partial charge in [0, 0.05) is 0 Å². The highest BCUT2D eigenvalue weighted by Gasteiger charge is 2.23. The first-order valence-electron chi connectivity index (χ1n) is 6.72. The molecule has 0 N–H and O–H groups in total. The highest BCUT2D eigenvalue weighted by atomic mass is 14.3. The first-order chi connectivity index (χ1) is 7.57. The molecule has 17 heavy (non-hydrogen) atoms. The van der Waals surface area contributed by atoms with E-state index in [0.29, 0.717) is 0 Å². The van der Waals surface area contributed by atoms with E-state index in [1.54, 1.807) is 0 Å². The zero-order valence-corrected chi connectivity index (χ0v) is 12.9. The largest absolute Gasteiger partial charge is 0.0613 e. The molecule has 0 radical (unpaired) electrons. The van der Waals surface area contributed by atoms with Crippen LogP contribution in [0, 0.1) is 6.92 Å². The van der Waals surface area contributed by atoms with E-state index < -0.39 is 0 Å². The van der Waals surface area contributed by atoms with Gasteiger partial charge >= 0.3 is 0 Å². The average Bonchev–Trinajstić information content (AvgIpc) is 2.12. The maximum Gasteiger partial charge on any atom is -0.0127 e. The van der Waals surface area contributed by atoms with Gasteiger partial charge in [0.1, 0.15) is 0 Å². The fraction of sp³-hybridized carbons (Fsp3) is 0.647. The lowest BCUT2D eigenvalue weighted by Crippen LogP contribution is -2.19. The fourth-order valence-electron chi connectivity index (χ4n) is 2.65. The van der Waals surface area contributed by atoms with E-state index in [2.05, 4.69) is 67.5 Å². The van der Waals surface area contributed by atoms with Gasteiger partial charge in [-0.15, -0.1) is 0 Å². The number of hydrogen-bond acceptors (Lipinski definition) is 0. The van der Waals surface area contributed by atoms with Crippen LogP contribution in [0.25, 0.3) is 0 Å². The Kier molecular flexibility index (Phi) is 3.76. The summed E-state index contributed by atoms with van der Waals surface area (Å²) in [6.07, 6.45) is 1.12. The summed E-state index contributed by atoms with van der Waals surface area (Å²) in [7, 11) is 0. The van der Waals surface area contributed by atoms with Crippen LogP contribution >= 0.6 is 0 Å². The third kappa shape index (κ3) is 3.12. The topological polar surface area (TPSA) is 0 Å². The second-order valence-electron chi connectivity index (χ2n) is 7.18. The highest BCUT2D eigenvalue weighted by Crippen LogP contribution is 2.33. The van der Waals surface area contributed by atoms with E-state index in [0.717, 1.165) is 6.42 Å². The molecule has 0 aliphatic rings. The molecular weight excluding hydrogens is 204 g/mol. The molecule has 1 aromatic rings. The molecule has 0 aliphatic heterocycles. The predicted molar refractivity (Wildman–Crippen MR) is 78.0 cm³/mol. The van der Waals surface area contributed by atoms with Crippen LogP contribution in [0.2, 0.25) is 0 Å². The van der Waals surface area contributed by atoms with Gasteiger partial charge in [-0.1, -0.05) is 60.6 Å². The molecule has 0 saturated carbocycles. The quantitative estimate of drug-likeness (QED) is 0.628. The molecule has 0 saturated heterocycles. The molecular formula is C17H28. The first-order valence-corrected chi connectivity index (χ1v) is 6.72. The summed E-state index contributed by atoms with van der Waals surface area (Å²) in [5.74, 6) is 0. The van der Waals surface area contributed by atoms with Gasteiger partial charge in [0.2, 0.25) is 0 Å². The lowest BCUT2D eigenvalue weighted by molar-refractivity contribution is 0.566. The van der Waals surface area contributed by atoms with Crippen LogP contribution in [0.3, 0.4) is 0 Å². The minimum Gasteiger partial charge on any atom is -0.0613 e. The van der Waals surface area contributed by atoms with Crippen molar-refractivity contribution in [1.29, 1.82) is 0 Å². The van der Waals surface area contributed by atoms with Gasteiger partial charge in [0.15, 0.2) is 0 Å². The van der Waals surface area contributed by atoms with Crippen molar-refractivity contribution in [3.05, 3.63) is 34.4 Å². The smallest absolute Gasteiger partial charge is 0.0127 e. The van der Waals surface area contributed by atoms with Crippen LogP contribution in [-0.4, -0.2) is 0 Å². The predicted octanol–water partition coefficient (Wildman–Crippen LogP) is 5.15. The van der Waals surface area contributed by atoms with Crippen molar-refractivity contribution in [2.75, 3.05) is 0 Å². The van der Waals surface area contributed by atoms with Crippen LogP contribution in [-0.2, 0) is 17.3 Å². The van der Waals surface area contributed by atoms with E-state index in [1.807, 2.05) is 0 Å². The van der Waals surface area contributed by atoms with Crippen LogP contribution in [0.5, 0.6) is 0 Å². The Balaban J connectivity index is 3.47. The number of hydrogen-bond donors (Lipinski definition) is 0. The second kappa shape index (κ2) is 4.48. The summed E-state index contributed by atoms with van der Waals surface area (Å²) in [6, 6.07) is 4.79. The molecule has 0 heteroatoms. The molecule has 0 heterocycles. The summed E-state index contributed by atoms with van der Waals surface area (Å²) in [5, 5.41) is 0. The maximum absolute atomic E-state index is 2.41. The van der Waals surface area contributed by atoms with Crippen molar-refractivity contribution >= 4 is 0 Å². The molecule has 0 nitrogen and oxygen atoms in total. The van der Waals surface area contributed by atoms with Crippen molar-refractivity contribution in [1.82, 2.24) is 0 Å². The Labute approximate surface area is 107 Å². The zero-order chi connectivity index (χ0) is 13.4. The van der Waals surface area contributed by atoms with Gasteiger partial charge in [0.25, 0.3) is 0 Å². The Morgan fingerprint density at radius 2 is 1.41 bits per heavy atom. The summed E-state index contributed by atoms with van der Waals surface area (Å²) >= 11 is 0. The molecule has 0 aliphatic carbocycles. The lowest BCUT2D eigenvalue weighted by atomic mass is 9.76. The minimum atomic E-state index is 0.241. The molecule has 0 fully saturated rings. The normalized spacial score (nSPS) is 12.9. The summed E-state index contributed by atoms with van der Waals surface area (Å²) in [5.41, 5.74) is 6.44. The fourth-order valence-corrected chi connectivity index (χ4v) is 2.65. The molecule has 0 atom stereocenters. The zero-order valence-electron chi connectivity index (χ0n) is 12.9. The third-order valence-electron chi connectivity index (χ3n) is 3.41. The van der Waals surface area contributed by atoms with E-state index in [1.165, 1.54) is 22.3 Å². The Hall–Kier alpha value is -0.780. The van der Waals surface area contributed by atoms with Gasteiger partial charge in [-0.2, -0.15) is 0 Å². The molecule has 1 rings (SSSR count). The molecule has 0 aromatic heterocycles. The molecule has 0 amide bonds. The van der Waals surface area contributed by atoms with E-state index in [-0.39, 0.29) is 10.8 Å². The van der Waals surface area contributed by atoms with Crippen molar-refractivity contribution in [3.63, 3.8) is 0 Å². The van der Waals surface area contributed by atoms with Gasteiger partial charge in [-0.25, -0.2) is 0 Å². The van der Waals surface area contributed by atoms with E-state index in [4.69, 9.17) is 0 Å². The Morgan fingerprint density at radius 3 is 1.76 bits per heavy atom.